The van der Waals surface area contributed by atoms with Crippen molar-refractivity contribution in [2.45, 2.75) is 19.9 Å². The third-order valence-electron chi connectivity index (χ3n) is 5.51. The molecule has 1 aromatic carbocycles. The van der Waals surface area contributed by atoms with Crippen LogP contribution in [0.2, 0.25) is 0 Å². The Balaban J connectivity index is 2.04. The van der Waals surface area contributed by atoms with Crippen LogP contribution in [0.5, 0.6) is 11.5 Å². The number of carbonyl (C=O) groups is 1. The summed E-state index contributed by atoms with van der Waals surface area (Å²) < 4.78 is 20.4. The summed E-state index contributed by atoms with van der Waals surface area (Å²) in [5.41, 5.74) is 2.04. The van der Waals surface area contributed by atoms with Crippen LogP contribution in [0.15, 0.2) is 57.6 Å². The molecule has 9 heteroatoms. The number of nitrogens with zero attached hydrogens (tertiary/aromatic N) is 3. The van der Waals surface area contributed by atoms with Gasteiger partial charge in [0.15, 0.2) is 16.3 Å². The average molecular weight is 468 g/mol. The van der Waals surface area contributed by atoms with E-state index in [4.69, 9.17) is 14.2 Å². The van der Waals surface area contributed by atoms with Crippen molar-refractivity contribution in [2.75, 3.05) is 20.8 Å². The fraction of sp³-hybridized carbons (Fsp3) is 0.292. The van der Waals surface area contributed by atoms with Crippen LogP contribution in [-0.2, 0) is 16.6 Å². The molecule has 3 heterocycles. The van der Waals surface area contributed by atoms with Gasteiger partial charge in [0.05, 0.1) is 36.6 Å². The van der Waals surface area contributed by atoms with E-state index in [9.17, 15) is 9.59 Å². The minimum absolute atomic E-state index is 0.204. The molecule has 1 aliphatic rings. The highest BCUT2D eigenvalue weighted by molar-refractivity contribution is 7.07. The Bertz CT molecular complexity index is 1430. The Hall–Kier alpha value is -3.59. The van der Waals surface area contributed by atoms with Crippen LogP contribution in [0.25, 0.3) is 6.08 Å². The summed E-state index contributed by atoms with van der Waals surface area (Å²) in [5, 5.41) is 0. The Morgan fingerprint density at radius 2 is 2.00 bits per heavy atom. The molecule has 3 aromatic rings. The molecular weight excluding hydrogens is 442 g/mol. The first-order valence-corrected chi connectivity index (χ1v) is 11.2. The first-order chi connectivity index (χ1) is 15.9. The number of thiazole rings is 1. The molecule has 0 N–H and O–H groups in total. The summed E-state index contributed by atoms with van der Waals surface area (Å²) in [7, 11) is 4.98. The number of aromatic nitrogens is 2. The first kappa shape index (κ1) is 22.6. The molecule has 1 atom stereocenters. The van der Waals surface area contributed by atoms with E-state index in [1.54, 1.807) is 33.1 Å². The van der Waals surface area contributed by atoms with E-state index in [2.05, 4.69) is 4.99 Å². The minimum atomic E-state index is -0.777. The lowest BCUT2D eigenvalue weighted by Crippen LogP contribution is -2.40. The Kier molecular flexibility index (Phi) is 6.24. The molecule has 0 aliphatic carbocycles. The fourth-order valence-corrected chi connectivity index (χ4v) is 5.00. The van der Waals surface area contributed by atoms with Crippen molar-refractivity contribution in [3.05, 3.63) is 78.7 Å². The molecule has 4 rings (SSSR count). The summed E-state index contributed by atoms with van der Waals surface area (Å²) in [6.07, 6.45) is 3.74. The molecule has 0 radical (unpaired) electrons. The van der Waals surface area contributed by atoms with Gasteiger partial charge in [0.25, 0.3) is 5.56 Å². The van der Waals surface area contributed by atoms with Crippen LogP contribution >= 0.6 is 11.3 Å². The van der Waals surface area contributed by atoms with Crippen LogP contribution in [0.3, 0.4) is 0 Å². The molecule has 8 nitrogen and oxygen atoms in total. The molecule has 0 amide bonds. The second-order valence-corrected chi connectivity index (χ2v) is 8.44. The van der Waals surface area contributed by atoms with Crippen LogP contribution in [0, 0.1) is 0 Å². The predicted molar refractivity (Wildman–Crippen MR) is 125 cm³/mol. The molecule has 0 spiro atoms. The number of carbonyl (C=O) groups excluding carboxylic acids is 1. The molecular formula is C24H25N3O5S. The number of benzene rings is 1. The van der Waals surface area contributed by atoms with E-state index in [0.717, 1.165) is 5.69 Å². The topological polar surface area (TPSA) is 84.1 Å². The van der Waals surface area contributed by atoms with E-state index in [1.807, 2.05) is 42.1 Å². The van der Waals surface area contributed by atoms with Gasteiger partial charge in [-0.05, 0) is 38.1 Å². The smallest absolute Gasteiger partial charge is 0.338 e. The number of allylic oxidation sites excluding steroid dienone is 1. The number of aryl methyl sites for hydroxylation is 1. The van der Waals surface area contributed by atoms with Gasteiger partial charge in [-0.2, -0.15) is 0 Å². The van der Waals surface area contributed by atoms with E-state index < -0.39 is 12.0 Å². The zero-order valence-electron chi connectivity index (χ0n) is 19.1. The quantitative estimate of drug-likeness (QED) is 0.519. The number of ether oxygens (including phenoxy) is 3. The van der Waals surface area contributed by atoms with Gasteiger partial charge in [-0.3, -0.25) is 9.36 Å². The fourth-order valence-electron chi connectivity index (χ4n) is 3.97. The molecule has 2 aromatic heterocycles. The third-order valence-corrected chi connectivity index (χ3v) is 6.49. The number of para-hydroxylation sites is 1. The number of esters is 1. The number of fused-ring (bicyclic) bond motifs is 1. The number of hydrogen-bond donors (Lipinski definition) is 0. The van der Waals surface area contributed by atoms with Gasteiger partial charge < -0.3 is 18.8 Å². The van der Waals surface area contributed by atoms with E-state index >= 15 is 0 Å². The van der Waals surface area contributed by atoms with Crippen molar-refractivity contribution >= 4 is 23.4 Å². The highest BCUT2D eigenvalue weighted by Gasteiger charge is 2.35. The molecule has 1 unspecified atom stereocenters. The largest absolute Gasteiger partial charge is 0.493 e. The highest BCUT2D eigenvalue weighted by Crippen LogP contribution is 2.40. The maximum Gasteiger partial charge on any atom is 0.338 e. The van der Waals surface area contributed by atoms with Crippen molar-refractivity contribution in [1.29, 1.82) is 0 Å². The summed E-state index contributed by atoms with van der Waals surface area (Å²) in [4.78, 5) is 31.8. The lowest BCUT2D eigenvalue weighted by Gasteiger charge is -2.26. The molecule has 0 bridgehead atoms. The second-order valence-electron chi connectivity index (χ2n) is 7.43. The van der Waals surface area contributed by atoms with E-state index in [-0.39, 0.29) is 12.2 Å². The zero-order chi connectivity index (χ0) is 23.7. The van der Waals surface area contributed by atoms with E-state index in [0.29, 0.717) is 37.7 Å². The molecule has 0 saturated heterocycles. The summed E-state index contributed by atoms with van der Waals surface area (Å²) in [6.45, 7) is 3.69. The van der Waals surface area contributed by atoms with Gasteiger partial charge >= 0.3 is 5.97 Å². The van der Waals surface area contributed by atoms with Gasteiger partial charge in [0, 0.05) is 24.5 Å². The van der Waals surface area contributed by atoms with Crippen molar-refractivity contribution in [3.8, 4) is 11.5 Å². The van der Waals surface area contributed by atoms with Gasteiger partial charge in [0.1, 0.15) is 6.04 Å². The summed E-state index contributed by atoms with van der Waals surface area (Å²) in [5.74, 6) is 0.419. The van der Waals surface area contributed by atoms with E-state index in [1.165, 1.54) is 23.0 Å². The predicted octanol–water partition coefficient (Wildman–Crippen LogP) is 2.15. The normalized spacial score (nSPS) is 15.8. The van der Waals surface area contributed by atoms with Crippen LogP contribution < -0.4 is 24.4 Å². The first-order valence-electron chi connectivity index (χ1n) is 10.4. The molecule has 33 heavy (non-hydrogen) atoms. The van der Waals surface area contributed by atoms with Crippen LogP contribution in [-0.4, -0.2) is 35.9 Å². The van der Waals surface area contributed by atoms with Crippen molar-refractivity contribution < 1.29 is 19.0 Å². The van der Waals surface area contributed by atoms with Crippen molar-refractivity contribution in [2.24, 2.45) is 12.0 Å². The highest BCUT2D eigenvalue weighted by atomic mass is 32.1. The van der Waals surface area contributed by atoms with Gasteiger partial charge in [-0.25, -0.2) is 9.79 Å². The Labute approximate surface area is 194 Å². The lowest BCUT2D eigenvalue weighted by atomic mass is 9.94. The van der Waals surface area contributed by atoms with Crippen LogP contribution in [0.1, 0.15) is 31.1 Å². The standard InChI is InChI=1S/C24H25N3O5S/c1-6-32-23(29)19-14(2)25-24-27(20(19)16-10-7-11-17(30-4)21(16)31-5)22(28)18(33-24)13-15-9-8-12-26(15)3/h7-13,20H,6H2,1-5H3. The zero-order valence-corrected chi connectivity index (χ0v) is 19.9. The molecule has 0 saturated carbocycles. The van der Waals surface area contributed by atoms with Gasteiger partial charge in [0.2, 0.25) is 0 Å². The molecule has 172 valence electrons. The molecule has 0 fully saturated rings. The average Bonchev–Trinajstić information content (AvgIpc) is 3.34. The van der Waals surface area contributed by atoms with Gasteiger partial charge in [-0.1, -0.05) is 23.5 Å². The number of hydrogen-bond acceptors (Lipinski definition) is 7. The third kappa shape index (κ3) is 3.89. The second kappa shape index (κ2) is 9.11. The SMILES string of the molecule is CCOC(=O)C1=C(C)N=c2sc(=Cc3cccn3C)c(=O)n2C1c1cccc(OC)c1OC. The Morgan fingerprint density at radius 1 is 1.21 bits per heavy atom. The summed E-state index contributed by atoms with van der Waals surface area (Å²) >= 11 is 1.28. The van der Waals surface area contributed by atoms with Crippen molar-refractivity contribution in [1.82, 2.24) is 9.13 Å². The summed E-state index contributed by atoms with van der Waals surface area (Å²) in [6, 6.07) is 8.45. The maximum absolute atomic E-state index is 13.6. The molecule has 1 aliphatic heterocycles. The van der Waals surface area contributed by atoms with Crippen LogP contribution in [0.4, 0.5) is 0 Å². The monoisotopic (exact) mass is 467 g/mol. The Morgan fingerprint density at radius 3 is 2.64 bits per heavy atom. The maximum atomic E-state index is 13.6. The minimum Gasteiger partial charge on any atom is -0.493 e. The lowest BCUT2D eigenvalue weighted by molar-refractivity contribution is -0.139. The number of methoxy groups -OCH3 is 2. The van der Waals surface area contributed by atoms with Crippen molar-refractivity contribution in [3.63, 3.8) is 0 Å². The number of rotatable bonds is 6. The van der Waals surface area contributed by atoms with Gasteiger partial charge in [-0.15, -0.1) is 0 Å².